The summed E-state index contributed by atoms with van der Waals surface area (Å²) in [6.45, 7) is 6.65. The Labute approximate surface area is 145 Å². The molecule has 4 fully saturated rings. The van der Waals surface area contributed by atoms with Gasteiger partial charge < -0.3 is 14.4 Å². The number of ether oxygens (including phenoxy) is 2. The average Bonchev–Trinajstić information content (AvgIpc) is 2.59. The fourth-order valence-electron chi connectivity index (χ4n) is 5.30. The third-order valence-corrected chi connectivity index (χ3v) is 6.46. The van der Waals surface area contributed by atoms with Gasteiger partial charge in [0.05, 0.1) is 24.8 Å². The van der Waals surface area contributed by atoms with Crippen LogP contribution >= 0.6 is 0 Å². The first-order valence-corrected chi connectivity index (χ1v) is 9.57. The number of methoxy groups -OCH3 is 1. The van der Waals surface area contributed by atoms with E-state index in [-0.39, 0.29) is 18.1 Å². The van der Waals surface area contributed by atoms with Crippen molar-refractivity contribution in [2.75, 3.05) is 59.7 Å². The normalized spacial score (nSPS) is 31.7. The first-order chi connectivity index (χ1) is 11.7. The van der Waals surface area contributed by atoms with Crippen LogP contribution in [0.15, 0.2) is 0 Å². The van der Waals surface area contributed by atoms with Crippen LogP contribution in [0.2, 0.25) is 0 Å². The minimum Gasteiger partial charge on any atom is -0.378 e. The van der Waals surface area contributed by atoms with Crippen LogP contribution in [0.3, 0.4) is 0 Å². The summed E-state index contributed by atoms with van der Waals surface area (Å²) < 4.78 is 10.8. The number of likely N-dealkylation sites (tertiary alicyclic amines) is 1. The number of hydrogen-bond acceptors (Lipinski definition) is 5. The molecule has 24 heavy (non-hydrogen) atoms. The van der Waals surface area contributed by atoms with Gasteiger partial charge in [-0.25, -0.2) is 0 Å². The highest BCUT2D eigenvalue weighted by molar-refractivity contribution is 5.77. The highest BCUT2D eigenvalue weighted by atomic mass is 16.5. The molecular weight excluding hydrogens is 306 g/mol. The van der Waals surface area contributed by atoms with Gasteiger partial charge >= 0.3 is 0 Å². The van der Waals surface area contributed by atoms with E-state index in [0.717, 1.165) is 52.0 Å². The molecule has 136 valence electrons. The number of morpholine rings is 1. The van der Waals surface area contributed by atoms with Gasteiger partial charge in [-0.1, -0.05) is 19.3 Å². The molecule has 0 N–H and O–H groups in total. The van der Waals surface area contributed by atoms with Crippen LogP contribution in [0, 0.1) is 0 Å². The first-order valence-electron chi connectivity index (χ1n) is 9.57. The zero-order chi connectivity index (χ0) is 16.6. The maximum absolute atomic E-state index is 12.4. The molecule has 4 rings (SSSR count). The zero-order valence-electron chi connectivity index (χ0n) is 14.9. The van der Waals surface area contributed by atoms with E-state index in [1.54, 1.807) is 7.11 Å². The highest BCUT2D eigenvalue weighted by Gasteiger charge is 2.55. The van der Waals surface area contributed by atoms with Crippen molar-refractivity contribution in [3.05, 3.63) is 0 Å². The van der Waals surface area contributed by atoms with Gasteiger partial charge in [0.1, 0.15) is 6.61 Å². The van der Waals surface area contributed by atoms with Gasteiger partial charge in [0.25, 0.3) is 0 Å². The minimum atomic E-state index is 0.123. The van der Waals surface area contributed by atoms with Crippen molar-refractivity contribution in [2.45, 2.75) is 49.7 Å². The Morgan fingerprint density at radius 1 is 1.17 bits per heavy atom. The summed E-state index contributed by atoms with van der Waals surface area (Å²) in [7, 11) is 1.60. The second-order valence-electron chi connectivity index (χ2n) is 8.05. The molecule has 0 bridgehead atoms. The molecule has 0 aromatic rings. The molecular formula is C18H31N3O3. The lowest BCUT2D eigenvalue weighted by Crippen LogP contribution is -2.81. The summed E-state index contributed by atoms with van der Waals surface area (Å²) in [5.41, 5.74) is 0.146. The molecule has 1 saturated carbocycles. The van der Waals surface area contributed by atoms with Gasteiger partial charge in [0.15, 0.2) is 0 Å². The highest BCUT2D eigenvalue weighted by Crippen LogP contribution is 2.39. The van der Waals surface area contributed by atoms with Crippen LogP contribution < -0.4 is 0 Å². The molecule has 6 nitrogen and oxygen atoms in total. The van der Waals surface area contributed by atoms with E-state index in [4.69, 9.17) is 9.47 Å². The van der Waals surface area contributed by atoms with Crippen LogP contribution in [0.5, 0.6) is 0 Å². The Morgan fingerprint density at radius 3 is 2.71 bits per heavy atom. The number of carbonyl (C=O) groups is 1. The van der Waals surface area contributed by atoms with Gasteiger partial charge in [-0.05, 0) is 12.8 Å². The molecule has 1 aliphatic carbocycles. The predicted octanol–water partition coefficient (Wildman–Crippen LogP) is 0.563. The molecule has 3 aliphatic heterocycles. The Morgan fingerprint density at radius 2 is 1.96 bits per heavy atom. The summed E-state index contributed by atoms with van der Waals surface area (Å²) in [6, 6.07) is 1.12. The number of fused-ring (bicyclic) bond motifs is 2. The van der Waals surface area contributed by atoms with E-state index < -0.39 is 0 Å². The monoisotopic (exact) mass is 337 g/mol. The second kappa shape index (κ2) is 6.90. The Balaban J connectivity index is 1.46. The van der Waals surface area contributed by atoms with Gasteiger partial charge in [-0.2, -0.15) is 0 Å². The van der Waals surface area contributed by atoms with Crippen molar-refractivity contribution in [3.8, 4) is 0 Å². The summed E-state index contributed by atoms with van der Waals surface area (Å²) in [6.07, 6.45) is 6.88. The standard InChI is InChI=1S/C18H31N3O3/c1-23-11-17(22)19-9-16-10-24-8-7-21(16)18(12-19)13-20(14-18)15-5-3-2-4-6-15/h15-16H,2-14H2,1H3/t16-/m1/s1. The quantitative estimate of drug-likeness (QED) is 0.753. The van der Waals surface area contributed by atoms with Crippen LogP contribution in [0.25, 0.3) is 0 Å². The molecule has 1 amide bonds. The molecule has 0 aromatic carbocycles. The van der Waals surface area contributed by atoms with Crippen molar-refractivity contribution in [1.82, 2.24) is 14.7 Å². The fraction of sp³-hybridized carbons (Fsp3) is 0.944. The summed E-state index contributed by atoms with van der Waals surface area (Å²) >= 11 is 0. The summed E-state index contributed by atoms with van der Waals surface area (Å²) in [5.74, 6) is 0.123. The molecule has 3 saturated heterocycles. The fourth-order valence-corrected chi connectivity index (χ4v) is 5.30. The van der Waals surface area contributed by atoms with Crippen molar-refractivity contribution in [3.63, 3.8) is 0 Å². The maximum Gasteiger partial charge on any atom is 0.248 e. The van der Waals surface area contributed by atoms with E-state index in [2.05, 4.69) is 9.80 Å². The number of hydrogen-bond donors (Lipinski definition) is 0. The number of nitrogens with zero attached hydrogens (tertiary/aromatic N) is 3. The van der Waals surface area contributed by atoms with Crippen molar-refractivity contribution < 1.29 is 14.3 Å². The summed E-state index contributed by atoms with van der Waals surface area (Å²) in [5, 5.41) is 0. The Kier molecular flexibility index (Phi) is 4.82. The lowest BCUT2D eigenvalue weighted by atomic mass is 9.79. The number of amides is 1. The Hall–Kier alpha value is -0.690. The minimum absolute atomic E-state index is 0.123. The van der Waals surface area contributed by atoms with Crippen LogP contribution in [0.1, 0.15) is 32.1 Å². The number of piperazine rings is 1. The Bertz CT molecular complexity index is 460. The molecule has 3 heterocycles. The van der Waals surface area contributed by atoms with Gasteiger partial charge in [0.2, 0.25) is 5.91 Å². The molecule has 0 radical (unpaired) electrons. The van der Waals surface area contributed by atoms with E-state index in [1.807, 2.05) is 4.90 Å². The SMILES string of the molecule is COCC(=O)N1C[C@@H]2COCCN2C2(C1)CN(C1CCCCC1)C2. The van der Waals surface area contributed by atoms with Gasteiger partial charge in [-0.3, -0.25) is 14.6 Å². The molecule has 0 unspecified atom stereocenters. The van der Waals surface area contributed by atoms with E-state index in [9.17, 15) is 4.79 Å². The summed E-state index contributed by atoms with van der Waals surface area (Å²) in [4.78, 5) is 19.8. The van der Waals surface area contributed by atoms with Crippen molar-refractivity contribution in [1.29, 1.82) is 0 Å². The van der Waals surface area contributed by atoms with E-state index >= 15 is 0 Å². The molecule has 0 aromatic heterocycles. The largest absolute Gasteiger partial charge is 0.378 e. The zero-order valence-corrected chi connectivity index (χ0v) is 14.9. The molecule has 1 atom stereocenters. The molecule has 4 aliphatic rings. The average molecular weight is 337 g/mol. The van der Waals surface area contributed by atoms with Crippen LogP contribution in [-0.4, -0.2) is 97.9 Å². The van der Waals surface area contributed by atoms with Gasteiger partial charge in [-0.15, -0.1) is 0 Å². The predicted molar refractivity (Wildman–Crippen MR) is 90.9 cm³/mol. The van der Waals surface area contributed by atoms with E-state index in [0.29, 0.717) is 6.04 Å². The lowest BCUT2D eigenvalue weighted by Gasteiger charge is -2.64. The van der Waals surface area contributed by atoms with Crippen molar-refractivity contribution >= 4 is 5.91 Å². The maximum atomic E-state index is 12.4. The third kappa shape index (κ3) is 2.98. The molecule has 1 spiro atoms. The second-order valence-corrected chi connectivity index (χ2v) is 8.05. The van der Waals surface area contributed by atoms with Gasteiger partial charge in [0, 0.05) is 45.9 Å². The van der Waals surface area contributed by atoms with Crippen molar-refractivity contribution in [2.24, 2.45) is 0 Å². The number of carbonyl (C=O) groups excluding carboxylic acids is 1. The van der Waals surface area contributed by atoms with E-state index in [1.165, 1.54) is 32.1 Å². The number of rotatable bonds is 3. The first kappa shape index (κ1) is 16.8. The topological polar surface area (TPSA) is 45.2 Å². The smallest absolute Gasteiger partial charge is 0.248 e. The van der Waals surface area contributed by atoms with Crippen LogP contribution in [-0.2, 0) is 14.3 Å². The lowest BCUT2D eigenvalue weighted by molar-refractivity contribution is -0.182. The molecule has 6 heteroatoms. The van der Waals surface area contributed by atoms with Crippen LogP contribution in [0.4, 0.5) is 0 Å². The third-order valence-electron chi connectivity index (χ3n) is 6.46.